The third kappa shape index (κ3) is 4.69. The minimum Gasteiger partial charge on any atom is -0.489 e. The summed E-state index contributed by atoms with van der Waals surface area (Å²) in [4.78, 5) is 11.1. The summed E-state index contributed by atoms with van der Waals surface area (Å²) in [6.07, 6.45) is -0.0543. The van der Waals surface area contributed by atoms with Crippen LogP contribution in [0.5, 0.6) is 5.75 Å². The first-order chi connectivity index (χ1) is 11.3. The van der Waals surface area contributed by atoms with Crippen LogP contribution in [0, 0.1) is 0 Å². The Morgan fingerprint density at radius 3 is 2.50 bits per heavy atom. The number of benzene rings is 2. The number of hydrogen-bond donors (Lipinski definition) is 2. The van der Waals surface area contributed by atoms with Gasteiger partial charge < -0.3 is 15.2 Å². The zero-order valence-electron chi connectivity index (χ0n) is 13.1. The molecular weight excluding hydrogens is 373 g/mol. The number of hydrogen-bond acceptors (Lipinski definition) is 3. The molecule has 2 aromatic rings. The Labute approximate surface area is 155 Å². The van der Waals surface area contributed by atoms with Crippen LogP contribution in [0.25, 0.3) is 0 Å². The average Bonchev–Trinajstić information content (AvgIpc) is 2.49. The van der Waals surface area contributed by atoms with E-state index in [1.54, 1.807) is 12.1 Å². The first-order valence-electron chi connectivity index (χ1n) is 7.19. The Balaban J connectivity index is 2.29. The molecule has 2 aromatic carbocycles. The number of rotatable bonds is 6. The van der Waals surface area contributed by atoms with Crippen molar-refractivity contribution in [2.24, 2.45) is 0 Å². The number of ether oxygens (including phenoxy) is 1. The fraction of sp³-hybridized carbons (Fsp3) is 0.235. The van der Waals surface area contributed by atoms with Gasteiger partial charge in [0.1, 0.15) is 5.75 Å². The van der Waals surface area contributed by atoms with E-state index in [1.165, 1.54) is 18.2 Å². The van der Waals surface area contributed by atoms with Gasteiger partial charge in [0.15, 0.2) is 0 Å². The van der Waals surface area contributed by atoms with E-state index >= 15 is 0 Å². The second-order valence-corrected chi connectivity index (χ2v) is 6.65. The van der Waals surface area contributed by atoms with E-state index in [-0.39, 0.29) is 11.7 Å². The van der Waals surface area contributed by atoms with Crippen LogP contribution in [-0.2, 0) is 6.54 Å². The fourth-order valence-corrected chi connectivity index (χ4v) is 2.86. The molecule has 0 aromatic heterocycles. The summed E-state index contributed by atoms with van der Waals surface area (Å²) in [5, 5.41) is 13.5. The largest absolute Gasteiger partial charge is 0.489 e. The van der Waals surface area contributed by atoms with Crippen molar-refractivity contribution in [1.82, 2.24) is 0 Å². The van der Waals surface area contributed by atoms with Crippen LogP contribution in [0.2, 0.25) is 15.1 Å². The number of halogens is 3. The maximum absolute atomic E-state index is 11.1. The number of nitrogens with one attached hydrogen (secondary N) is 1. The third-order valence-corrected chi connectivity index (χ3v) is 3.95. The molecule has 0 unspecified atom stereocenters. The minimum absolute atomic E-state index is 0.0543. The summed E-state index contributed by atoms with van der Waals surface area (Å²) < 4.78 is 5.75. The number of carboxylic acid groups (broad SMARTS) is 1. The van der Waals surface area contributed by atoms with E-state index in [2.05, 4.69) is 5.32 Å². The summed E-state index contributed by atoms with van der Waals surface area (Å²) in [5.41, 5.74) is 1.39. The highest BCUT2D eigenvalue weighted by Crippen LogP contribution is 2.34. The van der Waals surface area contributed by atoms with E-state index in [4.69, 9.17) is 44.6 Å². The smallest absolute Gasteiger partial charge is 0.335 e. The van der Waals surface area contributed by atoms with Crippen molar-refractivity contribution in [2.75, 3.05) is 5.32 Å². The minimum atomic E-state index is -1.02. The molecule has 24 heavy (non-hydrogen) atoms. The van der Waals surface area contributed by atoms with Gasteiger partial charge in [-0.15, -0.1) is 0 Å². The van der Waals surface area contributed by atoms with E-state index in [0.717, 1.165) is 5.56 Å². The van der Waals surface area contributed by atoms with Gasteiger partial charge >= 0.3 is 5.97 Å². The van der Waals surface area contributed by atoms with Gasteiger partial charge in [0.05, 0.1) is 27.4 Å². The molecule has 0 saturated heterocycles. The summed E-state index contributed by atoms with van der Waals surface area (Å²) in [6.45, 7) is 4.12. The topological polar surface area (TPSA) is 58.6 Å². The molecule has 4 nitrogen and oxygen atoms in total. The van der Waals surface area contributed by atoms with Gasteiger partial charge in [0.25, 0.3) is 0 Å². The lowest BCUT2D eigenvalue weighted by molar-refractivity contribution is 0.0697. The Morgan fingerprint density at radius 2 is 1.88 bits per heavy atom. The zero-order valence-corrected chi connectivity index (χ0v) is 15.3. The van der Waals surface area contributed by atoms with Crippen LogP contribution in [0.15, 0.2) is 30.3 Å². The second-order valence-electron chi connectivity index (χ2n) is 5.40. The lowest BCUT2D eigenvalue weighted by Gasteiger charge is -2.17. The number of carbonyl (C=O) groups is 1. The molecule has 2 rings (SSSR count). The Morgan fingerprint density at radius 1 is 1.17 bits per heavy atom. The molecule has 0 spiro atoms. The molecule has 0 saturated carbocycles. The first kappa shape index (κ1) is 18.7. The van der Waals surface area contributed by atoms with E-state index < -0.39 is 5.97 Å². The summed E-state index contributed by atoms with van der Waals surface area (Å²) >= 11 is 18.4. The van der Waals surface area contributed by atoms with Crippen molar-refractivity contribution in [1.29, 1.82) is 0 Å². The summed E-state index contributed by atoms with van der Waals surface area (Å²) in [5.74, 6) is -0.488. The molecule has 7 heteroatoms. The normalized spacial score (nSPS) is 10.8. The molecule has 0 atom stereocenters. The van der Waals surface area contributed by atoms with Gasteiger partial charge in [-0.3, -0.25) is 0 Å². The van der Waals surface area contributed by atoms with E-state index in [1.807, 2.05) is 13.8 Å². The van der Waals surface area contributed by atoms with Crippen LogP contribution in [0.3, 0.4) is 0 Å². The Hall–Kier alpha value is -1.62. The predicted molar refractivity (Wildman–Crippen MR) is 98.0 cm³/mol. The highest BCUT2D eigenvalue weighted by Gasteiger charge is 2.13. The lowest BCUT2D eigenvalue weighted by Crippen LogP contribution is -2.10. The predicted octanol–water partition coefficient (Wildman–Crippen LogP) is 5.74. The maximum Gasteiger partial charge on any atom is 0.335 e. The van der Waals surface area contributed by atoms with Crippen LogP contribution in [0.4, 0.5) is 5.69 Å². The average molecular weight is 389 g/mol. The van der Waals surface area contributed by atoms with Crippen molar-refractivity contribution in [3.63, 3.8) is 0 Å². The van der Waals surface area contributed by atoms with Crippen molar-refractivity contribution in [3.05, 3.63) is 56.5 Å². The number of anilines is 1. The monoisotopic (exact) mass is 387 g/mol. The fourth-order valence-electron chi connectivity index (χ4n) is 2.10. The summed E-state index contributed by atoms with van der Waals surface area (Å²) in [7, 11) is 0. The van der Waals surface area contributed by atoms with Crippen LogP contribution < -0.4 is 10.1 Å². The van der Waals surface area contributed by atoms with Crippen molar-refractivity contribution >= 4 is 46.5 Å². The van der Waals surface area contributed by atoms with Gasteiger partial charge in [-0.2, -0.15) is 0 Å². The molecule has 0 aliphatic heterocycles. The SMILES string of the molecule is CC(C)Oc1c(Cl)cc(Cl)cc1CNc1cc(C(=O)O)ccc1Cl. The van der Waals surface area contributed by atoms with E-state index in [0.29, 0.717) is 33.0 Å². The number of carboxylic acids is 1. The van der Waals surface area contributed by atoms with Crippen LogP contribution in [0.1, 0.15) is 29.8 Å². The molecule has 0 aliphatic rings. The van der Waals surface area contributed by atoms with Crippen molar-refractivity contribution in [2.45, 2.75) is 26.5 Å². The molecule has 0 bridgehead atoms. The molecule has 0 radical (unpaired) electrons. The van der Waals surface area contributed by atoms with Gasteiger partial charge in [0.2, 0.25) is 0 Å². The van der Waals surface area contributed by atoms with Gasteiger partial charge in [-0.1, -0.05) is 34.8 Å². The van der Waals surface area contributed by atoms with E-state index in [9.17, 15) is 4.79 Å². The lowest BCUT2D eigenvalue weighted by atomic mass is 10.1. The standard InChI is InChI=1S/C17H16Cl3NO3/c1-9(2)24-16-11(5-12(18)7-14(16)20)8-21-15-6-10(17(22)23)3-4-13(15)19/h3-7,9,21H,8H2,1-2H3,(H,22,23). The first-order valence-corrected chi connectivity index (χ1v) is 8.32. The van der Waals surface area contributed by atoms with Crippen molar-refractivity contribution in [3.8, 4) is 5.75 Å². The Kier molecular flexibility index (Phi) is 6.21. The van der Waals surface area contributed by atoms with Crippen LogP contribution >= 0.6 is 34.8 Å². The zero-order chi connectivity index (χ0) is 17.9. The maximum atomic E-state index is 11.1. The van der Waals surface area contributed by atoms with Crippen LogP contribution in [-0.4, -0.2) is 17.2 Å². The molecule has 0 fully saturated rings. The highest BCUT2D eigenvalue weighted by molar-refractivity contribution is 6.35. The molecular formula is C17H16Cl3NO3. The molecule has 0 amide bonds. The molecule has 2 N–H and O–H groups in total. The second kappa shape index (κ2) is 7.97. The molecule has 0 heterocycles. The van der Waals surface area contributed by atoms with Crippen molar-refractivity contribution < 1.29 is 14.6 Å². The Bertz CT molecular complexity index is 763. The molecule has 128 valence electrons. The van der Waals surface area contributed by atoms with Gasteiger partial charge in [-0.05, 0) is 44.2 Å². The third-order valence-electron chi connectivity index (χ3n) is 3.12. The highest BCUT2D eigenvalue weighted by atomic mass is 35.5. The molecule has 0 aliphatic carbocycles. The number of aromatic carboxylic acids is 1. The van der Waals surface area contributed by atoms with Gasteiger partial charge in [0, 0.05) is 17.1 Å². The quantitative estimate of drug-likeness (QED) is 0.662. The summed E-state index contributed by atoms with van der Waals surface area (Å²) in [6, 6.07) is 7.80. The van der Waals surface area contributed by atoms with Gasteiger partial charge in [-0.25, -0.2) is 4.79 Å².